The second-order valence-electron chi connectivity index (χ2n) is 2.60. The molecule has 0 saturated carbocycles. The van der Waals surface area contributed by atoms with Gasteiger partial charge in [-0.2, -0.15) is 0 Å². The summed E-state index contributed by atoms with van der Waals surface area (Å²) < 4.78 is 5.20. The Morgan fingerprint density at radius 3 is 2.85 bits per heavy atom. The van der Waals surface area contributed by atoms with Crippen molar-refractivity contribution in [1.82, 2.24) is 4.98 Å². The fourth-order valence-electron chi connectivity index (χ4n) is 0.962. The number of hydrogen-bond acceptors (Lipinski definition) is 4. The number of nitrogens with zero attached hydrogens (tertiary/aromatic N) is 1. The Kier molecular flexibility index (Phi) is 3.67. The average Bonchev–Trinajstić information content (AvgIpc) is 2.18. The maximum atomic E-state index is 9.32. The molecule has 13 heavy (non-hydrogen) atoms. The lowest BCUT2D eigenvalue weighted by Crippen LogP contribution is -2.12. The van der Waals surface area contributed by atoms with Gasteiger partial charge in [-0.05, 0) is 19.1 Å². The molecule has 0 spiro atoms. The second kappa shape index (κ2) is 4.79. The van der Waals surface area contributed by atoms with E-state index in [-0.39, 0.29) is 6.54 Å². The number of hydrogen-bond donors (Lipinski definition) is 2. The van der Waals surface area contributed by atoms with E-state index in [1.54, 1.807) is 18.3 Å². The molecule has 0 bridgehead atoms. The Balaban J connectivity index is 2.69. The van der Waals surface area contributed by atoms with Gasteiger partial charge in [0.05, 0.1) is 18.5 Å². The van der Waals surface area contributed by atoms with Crippen molar-refractivity contribution in [2.75, 3.05) is 13.2 Å². The zero-order chi connectivity index (χ0) is 9.68. The molecule has 4 nitrogen and oxygen atoms in total. The smallest absolute Gasteiger partial charge is 0.137 e. The van der Waals surface area contributed by atoms with Crippen LogP contribution in [-0.2, 0) is 0 Å². The van der Waals surface area contributed by atoms with Gasteiger partial charge in [-0.15, -0.1) is 0 Å². The molecule has 3 N–H and O–H groups in total. The molecule has 1 heterocycles. The van der Waals surface area contributed by atoms with Gasteiger partial charge in [-0.25, -0.2) is 0 Å². The topological polar surface area (TPSA) is 68.4 Å². The third kappa shape index (κ3) is 2.68. The van der Waals surface area contributed by atoms with Crippen molar-refractivity contribution in [3.63, 3.8) is 0 Å². The minimum atomic E-state index is -0.685. The Bertz CT molecular complexity index is 248. The van der Waals surface area contributed by atoms with Crippen LogP contribution in [0.3, 0.4) is 0 Å². The SMILES string of the molecule is CCOc1ccc(C(O)CN)nc1. The fourth-order valence-corrected chi connectivity index (χ4v) is 0.962. The molecule has 1 aromatic rings. The van der Waals surface area contributed by atoms with Crippen molar-refractivity contribution in [1.29, 1.82) is 0 Å². The summed E-state index contributed by atoms with van der Waals surface area (Å²) in [4.78, 5) is 4.01. The van der Waals surface area contributed by atoms with Crippen LogP contribution < -0.4 is 10.5 Å². The summed E-state index contributed by atoms with van der Waals surface area (Å²) in [5, 5.41) is 9.32. The van der Waals surface area contributed by atoms with E-state index in [2.05, 4.69) is 4.98 Å². The van der Waals surface area contributed by atoms with Crippen LogP contribution in [-0.4, -0.2) is 23.2 Å². The normalized spacial score (nSPS) is 12.5. The summed E-state index contributed by atoms with van der Waals surface area (Å²) in [6, 6.07) is 3.48. The lowest BCUT2D eigenvalue weighted by atomic mass is 10.2. The van der Waals surface area contributed by atoms with Crippen molar-refractivity contribution in [3.05, 3.63) is 24.0 Å². The van der Waals surface area contributed by atoms with Crippen LogP contribution in [0.5, 0.6) is 5.75 Å². The molecule has 0 fully saturated rings. The highest BCUT2D eigenvalue weighted by Gasteiger charge is 2.05. The molecule has 0 amide bonds. The van der Waals surface area contributed by atoms with Crippen LogP contribution in [0.25, 0.3) is 0 Å². The second-order valence-corrected chi connectivity index (χ2v) is 2.60. The maximum Gasteiger partial charge on any atom is 0.137 e. The lowest BCUT2D eigenvalue weighted by molar-refractivity contribution is 0.181. The van der Waals surface area contributed by atoms with Gasteiger partial charge in [0.15, 0.2) is 0 Å². The highest BCUT2D eigenvalue weighted by atomic mass is 16.5. The highest BCUT2D eigenvalue weighted by Crippen LogP contribution is 2.13. The fraction of sp³-hybridized carbons (Fsp3) is 0.444. The van der Waals surface area contributed by atoms with Crippen molar-refractivity contribution in [3.8, 4) is 5.75 Å². The number of ether oxygens (including phenoxy) is 1. The molecule has 4 heteroatoms. The van der Waals surface area contributed by atoms with Crippen molar-refractivity contribution >= 4 is 0 Å². The Morgan fingerprint density at radius 2 is 2.38 bits per heavy atom. The number of rotatable bonds is 4. The summed E-state index contributed by atoms with van der Waals surface area (Å²) in [5.41, 5.74) is 5.85. The third-order valence-electron chi connectivity index (χ3n) is 1.63. The van der Waals surface area contributed by atoms with Gasteiger partial charge in [0.1, 0.15) is 11.9 Å². The first-order valence-corrected chi connectivity index (χ1v) is 4.24. The average molecular weight is 182 g/mol. The van der Waals surface area contributed by atoms with Gasteiger partial charge < -0.3 is 15.6 Å². The van der Waals surface area contributed by atoms with Crippen LogP contribution in [0.2, 0.25) is 0 Å². The Morgan fingerprint density at radius 1 is 1.62 bits per heavy atom. The summed E-state index contributed by atoms with van der Waals surface area (Å²) in [6.07, 6.45) is 0.897. The van der Waals surface area contributed by atoms with Gasteiger partial charge in [0.25, 0.3) is 0 Å². The zero-order valence-corrected chi connectivity index (χ0v) is 7.60. The highest BCUT2D eigenvalue weighted by molar-refractivity contribution is 5.20. The number of aliphatic hydroxyl groups excluding tert-OH is 1. The van der Waals surface area contributed by atoms with Crippen LogP contribution >= 0.6 is 0 Å². The first-order chi connectivity index (χ1) is 6.27. The maximum absolute atomic E-state index is 9.32. The Hall–Kier alpha value is -1.13. The van der Waals surface area contributed by atoms with Gasteiger partial charge in [-0.3, -0.25) is 4.98 Å². The van der Waals surface area contributed by atoms with Crippen molar-refractivity contribution in [2.45, 2.75) is 13.0 Å². The molecule has 1 aromatic heterocycles. The number of nitrogens with two attached hydrogens (primary N) is 1. The molecule has 0 saturated heterocycles. The predicted molar refractivity (Wildman–Crippen MR) is 49.4 cm³/mol. The molecule has 72 valence electrons. The quantitative estimate of drug-likeness (QED) is 0.710. The van der Waals surface area contributed by atoms with Gasteiger partial charge in [0, 0.05) is 6.54 Å². The molecule has 0 aromatic carbocycles. The molecule has 0 aliphatic carbocycles. The van der Waals surface area contributed by atoms with E-state index in [0.29, 0.717) is 18.1 Å². The van der Waals surface area contributed by atoms with Crippen molar-refractivity contribution < 1.29 is 9.84 Å². The molecule has 0 aliphatic heterocycles. The summed E-state index contributed by atoms with van der Waals surface area (Å²) in [7, 11) is 0. The van der Waals surface area contributed by atoms with Crippen LogP contribution in [0.4, 0.5) is 0 Å². The molecule has 1 rings (SSSR count). The number of aliphatic hydroxyl groups is 1. The molecule has 0 aliphatic rings. The van der Waals surface area contributed by atoms with Crippen molar-refractivity contribution in [2.24, 2.45) is 5.73 Å². The van der Waals surface area contributed by atoms with Gasteiger partial charge >= 0.3 is 0 Å². The monoisotopic (exact) mass is 182 g/mol. The van der Waals surface area contributed by atoms with E-state index in [0.717, 1.165) is 0 Å². The minimum absolute atomic E-state index is 0.182. The van der Waals surface area contributed by atoms with E-state index in [9.17, 15) is 5.11 Å². The van der Waals surface area contributed by atoms with Crippen LogP contribution in [0.15, 0.2) is 18.3 Å². The summed E-state index contributed by atoms with van der Waals surface area (Å²) in [6.45, 7) is 2.70. The minimum Gasteiger partial charge on any atom is -0.492 e. The van der Waals surface area contributed by atoms with Gasteiger partial charge in [-0.1, -0.05) is 0 Å². The first kappa shape index (κ1) is 9.95. The van der Waals surface area contributed by atoms with E-state index in [1.165, 1.54) is 0 Å². The molecule has 1 atom stereocenters. The summed E-state index contributed by atoms with van der Waals surface area (Å²) >= 11 is 0. The zero-order valence-electron chi connectivity index (χ0n) is 7.60. The first-order valence-electron chi connectivity index (χ1n) is 4.24. The molecule has 1 unspecified atom stereocenters. The molecule has 0 radical (unpaired) electrons. The van der Waals surface area contributed by atoms with Crippen LogP contribution in [0, 0.1) is 0 Å². The lowest BCUT2D eigenvalue weighted by Gasteiger charge is -2.07. The summed E-state index contributed by atoms with van der Waals surface area (Å²) in [5.74, 6) is 0.704. The predicted octanol–water partition coefficient (Wildman–Crippen LogP) is 0.472. The van der Waals surface area contributed by atoms with E-state index in [4.69, 9.17) is 10.5 Å². The van der Waals surface area contributed by atoms with E-state index < -0.39 is 6.10 Å². The largest absolute Gasteiger partial charge is 0.492 e. The van der Waals surface area contributed by atoms with Gasteiger partial charge in [0.2, 0.25) is 0 Å². The third-order valence-corrected chi connectivity index (χ3v) is 1.63. The van der Waals surface area contributed by atoms with Crippen LogP contribution in [0.1, 0.15) is 18.7 Å². The standard InChI is InChI=1S/C9H14N2O2/c1-2-13-7-3-4-8(11-6-7)9(12)5-10/h3-4,6,9,12H,2,5,10H2,1H3. The van der Waals surface area contributed by atoms with E-state index >= 15 is 0 Å². The number of aromatic nitrogens is 1. The van der Waals surface area contributed by atoms with E-state index in [1.807, 2.05) is 6.92 Å². The molecular formula is C9H14N2O2. The molecular weight excluding hydrogens is 168 g/mol. The Labute approximate surface area is 77.4 Å². The number of pyridine rings is 1.